The van der Waals surface area contributed by atoms with Gasteiger partial charge in [-0.3, -0.25) is 9.20 Å². The van der Waals surface area contributed by atoms with Gasteiger partial charge in [-0.1, -0.05) is 0 Å². The molecule has 2 heterocycles. The predicted molar refractivity (Wildman–Crippen MR) is 51.9 cm³/mol. The van der Waals surface area contributed by atoms with Crippen LogP contribution < -0.4 is 4.74 Å². The number of fused-ring (bicyclic) bond motifs is 1. The smallest absolute Gasteiger partial charge is 0.168 e. The molecule has 0 atom stereocenters. The molecule has 0 aromatic carbocycles. The molecule has 0 bridgehead atoms. The van der Waals surface area contributed by atoms with Crippen molar-refractivity contribution in [2.45, 2.75) is 6.92 Å². The Morgan fingerprint density at radius 3 is 2.93 bits per heavy atom. The van der Waals surface area contributed by atoms with Gasteiger partial charge in [0.2, 0.25) is 0 Å². The van der Waals surface area contributed by atoms with Crippen LogP contribution in [0.1, 0.15) is 16.2 Å². The van der Waals surface area contributed by atoms with E-state index >= 15 is 0 Å². The van der Waals surface area contributed by atoms with E-state index in [9.17, 15) is 4.79 Å². The van der Waals surface area contributed by atoms with E-state index in [-0.39, 0.29) is 0 Å². The Morgan fingerprint density at radius 2 is 2.29 bits per heavy atom. The van der Waals surface area contributed by atoms with Gasteiger partial charge in [-0.05, 0) is 19.1 Å². The van der Waals surface area contributed by atoms with Crippen LogP contribution in [0.4, 0.5) is 0 Å². The second-order valence-corrected chi connectivity index (χ2v) is 3.00. The molecule has 0 N–H and O–H groups in total. The van der Waals surface area contributed by atoms with Gasteiger partial charge in [0.15, 0.2) is 6.29 Å². The average molecular weight is 190 g/mol. The zero-order valence-corrected chi connectivity index (χ0v) is 8.02. The Balaban J connectivity index is 2.77. The van der Waals surface area contributed by atoms with E-state index in [0.717, 1.165) is 17.6 Å². The quantitative estimate of drug-likeness (QED) is 0.673. The highest BCUT2D eigenvalue weighted by Gasteiger charge is 2.07. The first-order chi connectivity index (χ1) is 6.76. The molecule has 2 aromatic rings. The van der Waals surface area contributed by atoms with Gasteiger partial charge in [0.1, 0.15) is 17.1 Å². The number of rotatable bonds is 2. The van der Waals surface area contributed by atoms with E-state index in [0.29, 0.717) is 11.4 Å². The minimum atomic E-state index is 0.568. The largest absolute Gasteiger partial charge is 0.495 e. The van der Waals surface area contributed by atoms with Crippen LogP contribution in [0, 0.1) is 6.92 Å². The first-order valence-corrected chi connectivity index (χ1v) is 4.24. The minimum absolute atomic E-state index is 0.568. The van der Waals surface area contributed by atoms with Crippen molar-refractivity contribution in [3.63, 3.8) is 0 Å². The maximum atomic E-state index is 10.8. The molecule has 0 unspecified atom stereocenters. The standard InChI is InChI=1S/C10H10N2O2/c1-7-9(6-13)12-5-8(14-2)3-4-10(12)11-7/h3-6H,1-2H3. The van der Waals surface area contributed by atoms with Crippen LogP contribution in [0.15, 0.2) is 18.3 Å². The summed E-state index contributed by atoms with van der Waals surface area (Å²) in [5.74, 6) is 0.706. The van der Waals surface area contributed by atoms with Gasteiger partial charge in [0.05, 0.1) is 19.0 Å². The molecule has 2 rings (SSSR count). The molecule has 4 heteroatoms. The summed E-state index contributed by atoms with van der Waals surface area (Å²) in [4.78, 5) is 15.0. The van der Waals surface area contributed by atoms with Gasteiger partial charge in [0.25, 0.3) is 0 Å². The van der Waals surface area contributed by atoms with E-state index in [1.807, 2.05) is 19.1 Å². The number of nitrogens with zero attached hydrogens (tertiary/aromatic N) is 2. The van der Waals surface area contributed by atoms with E-state index < -0.39 is 0 Å². The van der Waals surface area contributed by atoms with Crippen LogP contribution in [0.25, 0.3) is 5.65 Å². The van der Waals surface area contributed by atoms with Crippen molar-refractivity contribution < 1.29 is 9.53 Å². The molecule has 2 aromatic heterocycles. The molecule has 72 valence electrons. The number of ether oxygens (including phenoxy) is 1. The van der Waals surface area contributed by atoms with Crippen molar-refractivity contribution in [2.75, 3.05) is 7.11 Å². The number of pyridine rings is 1. The summed E-state index contributed by atoms with van der Waals surface area (Å²) in [5, 5.41) is 0. The summed E-state index contributed by atoms with van der Waals surface area (Å²) >= 11 is 0. The third kappa shape index (κ3) is 1.16. The van der Waals surface area contributed by atoms with Crippen molar-refractivity contribution >= 4 is 11.9 Å². The van der Waals surface area contributed by atoms with Gasteiger partial charge >= 0.3 is 0 Å². The van der Waals surface area contributed by atoms with E-state index in [2.05, 4.69) is 4.98 Å². The third-order valence-electron chi connectivity index (χ3n) is 2.16. The zero-order valence-electron chi connectivity index (χ0n) is 8.02. The number of aldehydes is 1. The third-order valence-corrected chi connectivity index (χ3v) is 2.16. The summed E-state index contributed by atoms with van der Waals surface area (Å²) < 4.78 is 6.79. The SMILES string of the molecule is COc1ccc2nc(C)c(C=O)n2c1. The number of hydrogen-bond acceptors (Lipinski definition) is 3. The second-order valence-electron chi connectivity index (χ2n) is 3.00. The van der Waals surface area contributed by atoms with Gasteiger partial charge < -0.3 is 4.74 Å². The number of methoxy groups -OCH3 is 1. The lowest BCUT2D eigenvalue weighted by Crippen LogP contribution is -1.93. The molecule has 0 amide bonds. The molecule has 0 aliphatic heterocycles. The van der Waals surface area contributed by atoms with Crippen molar-refractivity contribution in [2.24, 2.45) is 0 Å². The fourth-order valence-corrected chi connectivity index (χ4v) is 1.42. The zero-order chi connectivity index (χ0) is 10.1. The molecule has 0 aliphatic rings. The van der Waals surface area contributed by atoms with E-state index in [1.165, 1.54) is 0 Å². The Bertz CT molecular complexity index is 488. The minimum Gasteiger partial charge on any atom is -0.495 e. The highest BCUT2D eigenvalue weighted by atomic mass is 16.5. The summed E-state index contributed by atoms with van der Waals surface area (Å²) in [5.41, 5.74) is 2.05. The number of hydrogen-bond donors (Lipinski definition) is 0. The first-order valence-electron chi connectivity index (χ1n) is 4.24. The monoisotopic (exact) mass is 190 g/mol. The second kappa shape index (κ2) is 3.14. The highest BCUT2D eigenvalue weighted by Crippen LogP contribution is 2.15. The molecule has 0 fully saturated rings. The van der Waals surface area contributed by atoms with E-state index in [1.54, 1.807) is 17.7 Å². The molecule has 0 spiro atoms. The predicted octanol–water partition coefficient (Wildman–Crippen LogP) is 1.46. The van der Waals surface area contributed by atoms with Crippen LogP contribution >= 0.6 is 0 Å². The fraction of sp³-hybridized carbons (Fsp3) is 0.200. The lowest BCUT2D eigenvalue weighted by atomic mass is 10.4. The van der Waals surface area contributed by atoms with Crippen molar-refractivity contribution in [1.29, 1.82) is 0 Å². The van der Waals surface area contributed by atoms with Gasteiger partial charge in [-0.15, -0.1) is 0 Å². The van der Waals surface area contributed by atoms with Gasteiger partial charge in [-0.2, -0.15) is 0 Å². The number of carbonyl (C=O) groups excluding carboxylic acids is 1. The van der Waals surface area contributed by atoms with Crippen LogP contribution in [0.2, 0.25) is 0 Å². The van der Waals surface area contributed by atoms with Crippen molar-refractivity contribution in [3.8, 4) is 5.75 Å². The molecular formula is C10H10N2O2. The van der Waals surface area contributed by atoms with Crippen molar-refractivity contribution in [3.05, 3.63) is 29.7 Å². The molecule has 0 saturated heterocycles. The number of aromatic nitrogens is 2. The average Bonchev–Trinajstić information content (AvgIpc) is 2.52. The van der Waals surface area contributed by atoms with Crippen molar-refractivity contribution in [1.82, 2.24) is 9.38 Å². The van der Waals surface area contributed by atoms with Gasteiger partial charge in [-0.25, -0.2) is 4.98 Å². The first kappa shape index (κ1) is 8.74. The summed E-state index contributed by atoms with van der Waals surface area (Å²) in [7, 11) is 1.59. The van der Waals surface area contributed by atoms with Crippen LogP contribution in [-0.2, 0) is 0 Å². The van der Waals surface area contributed by atoms with Crippen LogP contribution in [0.5, 0.6) is 5.75 Å². The normalized spacial score (nSPS) is 10.4. The fourth-order valence-electron chi connectivity index (χ4n) is 1.42. The molecule has 4 nitrogen and oxygen atoms in total. The molecule has 14 heavy (non-hydrogen) atoms. The molecule has 0 saturated carbocycles. The topological polar surface area (TPSA) is 43.6 Å². The Morgan fingerprint density at radius 1 is 1.50 bits per heavy atom. The lowest BCUT2D eigenvalue weighted by molar-refractivity contribution is 0.111. The molecular weight excluding hydrogens is 180 g/mol. The lowest BCUT2D eigenvalue weighted by Gasteiger charge is -2.00. The number of carbonyl (C=O) groups is 1. The van der Waals surface area contributed by atoms with E-state index in [4.69, 9.17) is 4.74 Å². The molecule has 0 aliphatic carbocycles. The maximum Gasteiger partial charge on any atom is 0.168 e. The maximum absolute atomic E-state index is 10.8. The summed E-state index contributed by atoms with van der Waals surface area (Å²) in [6, 6.07) is 3.63. The van der Waals surface area contributed by atoms with Crippen LogP contribution in [0.3, 0.4) is 0 Å². The van der Waals surface area contributed by atoms with Crippen LogP contribution in [-0.4, -0.2) is 22.8 Å². The highest BCUT2D eigenvalue weighted by molar-refractivity contribution is 5.76. The Hall–Kier alpha value is -1.84. The number of imidazole rings is 1. The van der Waals surface area contributed by atoms with Gasteiger partial charge in [0, 0.05) is 0 Å². The Kier molecular flexibility index (Phi) is 1.96. The number of aryl methyl sites for hydroxylation is 1. The summed E-state index contributed by atoms with van der Waals surface area (Å²) in [6.45, 7) is 1.81. The molecule has 0 radical (unpaired) electrons. The Labute approximate surface area is 81.1 Å². The summed E-state index contributed by atoms with van der Waals surface area (Å²) in [6.07, 6.45) is 2.55.